The molecule has 0 fully saturated rings. The first-order valence-corrected chi connectivity index (χ1v) is 12.3. The third-order valence-corrected chi connectivity index (χ3v) is 6.51. The Morgan fingerprint density at radius 3 is 2.39 bits per heavy atom. The van der Waals surface area contributed by atoms with E-state index in [2.05, 4.69) is 15.5 Å². The van der Waals surface area contributed by atoms with E-state index in [1.807, 2.05) is 72.8 Å². The molecule has 10 heteroatoms. The van der Waals surface area contributed by atoms with E-state index in [4.69, 9.17) is 16.3 Å². The molecule has 0 spiro atoms. The van der Waals surface area contributed by atoms with Crippen molar-refractivity contribution in [1.82, 2.24) is 18.7 Å². The Morgan fingerprint density at radius 1 is 0.947 bits per heavy atom. The first-order valence-electron chi connectivity index (χ1n) is 11.9. The summed E-state index contributed by atoms with van der Waals surface area (Å²) in [4.78, 5) is 30.1. The highest BCUT2D eigenvalue weighted by atomic mass is 35.5. The van der Waals surface area contributed by atoms with Crippen LogP contribution in [0.2, 0.25) is 5.02 Å². The Bertz CT molecular complexity index is 1740. The molecule has 2 heterocycles. The fourth-order valence-corrected chi connectivity index (χ4v) is 4.23. The highest BCUT2D eigenvalue weighted by Gasteiger charge is 2.19. The zero-order valence-corrected chi connectivity index (χ0v) is 21.6. The molecule has 192 valence electrons. The molecule has 0 aliphatic rings. The van der Waals surface area contributed by atoms with Crippen LogP contribution in [0.25, 0.3) is 11.2 Å². The van der Waals surface area contributed by atoms with Gasteiger partial charge in [0.05, 0.1) is 12.8 Å². The molecule has 5 rings (SSSR count). The van der Waals surface area contributed by atoms with Gasteiger partial charge in [-0.2, -0.15) is 10.1 Å². The van der Waals surface area contributed by atoms with E-state index < -0.39 is 11.2 Å². The van der Waals surface area contributed by atoms with Crippen LogP contribution >= 0.6 is 11.6 Å². The van der Waals surface area contributed by atoms with Gasteiger partial charge in [-0.3, -0.25) is 18.5 Å². The molecule has 38 heavy (non-hydrogen) atoms. The van der Waals surface area contributed by atoms with Crippen molar-refractivity contribution in [2.45, 2.75) is 13.2 Å². The SMILES string of the molecule is Cn1c(=O)c2c(nc(N/N=C/c3ccc(OCc4ccccc4)cc3)n2Cc2ccccc2Cl)n(C)c1=O. The molecule has 0 unspecified atom stereocenters. The number of nitrogens with zero attached hydrogens (tertiary/aromatic N) is 5. The number of anilines is 1. The maximum absolute atomic E-state index is 13.1. The maximum Gasteiger partial charge on any atom is 0.332 e. The second-order valence-electron chi connectivity index (χ2n) is 8.70. The molecular weight excluding hydrogens is 504 g/mol. The van der Waals surface area contributed by atoms with Crippen LogP contribution in [0.1, 0.15) is 16.7 Å². The number of hydrazone groups is 1. The monoisotopic (exact) mass is 528 g/mol. The van der Waals surface area contributed by atoms with Gasteiger partial charge in [-0.05, 0) is 47.0 Å². The van der Waals surface area contributed by atoms with Gasteiger partial charge in [-0.25, -0.2) is 10.2 Å². The summed E-state index contributed by atoms with van der Waals surface area (Å²) >= 11 is 6.39. The number of aromatic nitrogens is 4. The summed E-state index contributed by atoms with van der Waals surface area (Å²) in [5.74, 6) is 1.05. The van der Waals surface area contributed by atoms with Gasteiger partial charge in [0, 0.05) is 19.1 Å². The van der Waals surface area contributed by atoms with Crippen LogP contribution in [0.3, 0.4) is 0 Å². The molecule has 3 aromatic carbocycles. The van der Waals surface area contributed by atoms with Crippen molar-refractivity contribution < 1.29 is 4.74 Å². The molecular formula is C28H25ClN6O3. The number of imidazole rings is 1. The molecule has 2 aromatic heterocycles. The van der Waals surface area contributed by atoms with Crippen LogP contribution in [0.5, 0.6) is 5.75 Å². The van der Waals surface area contributed by atoms with Crippen LogP contribution in [0, 0.1) is 0 Å². The Labute approximate surface area is 223 Å². The van der Waals surface area contributed by atoms with E-state index in [1.54, 1.807) is 23.9 Å². The maximum atomic E-state index is 13.1. The lowest BCUT2D eigenvalue weighted by Gasteiger charge is -2.10. The minimum atomic E-state index is -0.463. The van der Waals surface area contributed by atoms with Gasteiger partial charge in [0.2, 0.25) is 5.95 Å². The number of hydrogen-bond donors (Lipinski definition) is 1. The number of rotatable bonds is 8. The summed E-state index contributed by atoms with van der Waals surface area (Å²) < 4.78 is 9.90. The van der Waals surface area contributed by atoms with Crippen molar-refractivity contribution in [2.24, 2.45) is 19.2 Å². The van der Waals surface area contributed by atoms with Crippen LogP contribution < -0.4 is 21.4 Å². The van der Waals surface area contributed by atoms with E-state index >= 15 is 0 Å². The average molecular weight is 529 g/mol. The predicted octanol–water partition coefficient (Wildman–Crippen LogP) is 4.16. The van der Waals surface area contributed by atoms with Crippen LogP contribution in [-0.2, 0) is 27.2 Å². The summed E-state index contributed by atoms with van der Waals surface area (Å²) in [5.41, 5.74) is 5.26. The van der Waals surface area contributed by atoms with Gasteiger partial charge in [-0.15, -0.1) is 0 Å². The van der Waals surface area contributed by atoms with Crippen molar-refractivity contribution in [2.75, 3.05) is 5.43 Å². The Morgan fingerprint density at radius 2 is 1.66 bits per heavy atom. The topological polar surface area (TPSA) is 95.4 Å². The molecule has 5 aromatic rings. The Hall–Kier alpha value is -4.63. The lowest BCUT2D eigenvalue weighted by molar-refractivity contribution is 0.306. The standard InChI is InChI=1S/C28H25ClN6O3/c1-33-25-24(26(36)34(2)28(33)37)35(17-21-10-6-7-11-23(21)29)27(31-25)32-30-16-19-12-14-22(15-13-19)38-18-20-8-4-3-5-9-20/h3-16H,17-18H2,1-2H3,(H,31,32)/b30-16+. The number of benzene rings is 3. The van der Waals surface area contributed by atoms with Gasteiger partial charge in [0.15, 0.2) is 11.2 Å². The zero-order valence-electron chi connectivity index (χ0n) is 20.8. The lowest BCUT2D eigenvalue weighted by atomic mass is 10.2. The van der Waals surface area contributed by atoms with Crippen LogP contribution in [-0.4, -0.2) is 24.9 Å². The second kappa shape index (κ2) is 10.8. The van der Waals surface area contributed by atoms with E-state index in [9.17, 15) is 9.59 Å². The smallest absolute Gasteiger partial charge is 0.332 e. The average Bonchev–Trinajstić information content (AvgIpc) is 3.30. The predicted molar refractivity (Wildman–Crippen MR) is 149 cm³/mol. The molecule has 9 nitrogen and oxygen atoms in total. The molecule has 0 aliphatic carbocycles. The highest BCUT2D eigenvalue weighted by Crippen LogP contribution is 2.22. The van der Waals surface area contributed by atoms with E-state index in [0.29, 0.717) is 17.6 Å². The molecule has 0 saturated heterocycles. The third-order valence-electron chi connectivity index (χ3n) is 6.14. The number of hydrogen-bond acceptors (Lipinski definition) is 6. The normalized spacial score (nSPS) is 11.3. The van der Waals surface area contributed by atoms with E-state index in [1.165, 1.54) is 11.6 Å². The third kappa shape index (κ3) is 5.09. The van der Waals surface area contributed by atoms with Crippen molar-refractivity contribution >= 4 is 34.9 Å². The minimum Gasteiger partial charge on any atom is -0.489 e. The first-order chi connectivity index (χ1) is 18.4. The highest BCUT2D eigenvalue weighted by molar-refractivity contribution is 6.31. The molecule has 0 aliphatic heterocycles. The summed E-state index contributed by atoms with van der Waals surface area (Å²) in [5, 5.41) is 4.89. The van der Waals surface area contributed by atoms with Gasteiger partial charge in [-0.1, -0.05) is 60.1 Å². The lowest BCUT2D eigenvalue weighted by Crippen LogP contribution is -2.37. The molecule has 0 amide bonds. The second-order valence-corrected chi connectivity index (χ2v) is 9.11. The van der Waals surface area contributed by atoms with Gasteiger partial charge >= 0.3 is 5.69 Å². The quantitative estimate of drug-likeness (QED) is 0.241. The van der Waals surface area contributed by atoms with E-state index in [0.717, 1.165) is 27.0 Å². The Kier molecular flexibility index (Phi) is 7.10. The molecule has 1 N–H and O–H groups in total. The number of halogens is 1. The number of fused-ring (bicyclic) bond motifs is 1. The largest absolute Gasteiger partial charge is 0.489 e. The van der Waals surface area contributed by atoms with Crippen molar-refractivity contribution in [1.29, 1.82) is 0 Å². The Balaban J connectivity index is 1.40. The summed E-state index contributed by atoms with van der Waals surface area (Å²) in [6.45, 7) is 0.744. The molecule has 0 radical (unpaired) electrons. The van der Waals surface area contributed by atoms with Crippen molar-refractivity contribution in [3.8, 4) is 5.75 Å². The number of ether oxygens (including phenoxy) is 1. The van der Waals surface area contributed by atoms with Gasteiger partial charge < -0.3 is 4.74 Å². The first kappa shape index (κ1) is 25.0. The molecule has 0 atom stereocenters. The zero-order chi connectivity index (χ0) is 26.6. The van der Waals surface area contributed by atoms with Crippen LogP contribution in [0.4, 0.5) is 5.95 Å². The summed E-state index contributed by atoms with van der Waals surface area (Å²) in [6, 6.07) is 24.8. The van der Waals surface area contributed by atoms with Crippen LogP contribution in [0.15, 0.2) is 93.6 Å². The molecule has 0 bridgehead atoms. The van der Waals surface area contributed by atoms with Gasteiger partial charge in [0.1, 0.15) is 12.4 Å². The van der Waals surface area contributed by atoms with Crippen molar-refractivity contribution in [3.63, 3.8) is 0 Å². The fraction of sp³-hybridized carbons (Fsp3) is 0.143. The van der Waals surface area contributed by atoms with E-state index in [-0.39, 0.29) is 17.7 Å². The minimum absolute atomic E-state index is 0.253. The molecule has 0 saturated carbocycles. The number of nitrogens with one attached hydrogen (secondary N) is 1. The fourth-order valence-electron chi connectivity index (χ4n) is 4.04. The van der Waals surface area contributed by atoms with Crippen molar-refractivity contribution in [3.05, 3.63) is 121 Å². The van der Waals surface area contributed by atoms with Gasteiger partial charge in [0.25, 0.3) is 5.56 Å². The summed E-state index contributed by atoms with van der Waals surface area (Å²) in [6.07, 6.45) is 1.64. The summed E-state index contributed by atoms with van der Waals surface area (Å²) in [7, 11) is 3.01. The number of aryl methyl sites for hydroxylation is 1.